The van der Waals surface area contributed by atoms with E-state index < -0.39 is 6.10 Å². The molecule has 424 valence electrons. The maximum atomic E-state index is 12.9. The number of esters is 3. The molecule has 0 amide bonds. The van der Waals surface area contributed by atoms with Gasteiger partial charge in [-0.2, -0.15) is 0 Å². The summed E-state index contributed by atoms with van der Waals surface area (Å²) in [6, 6.07) is 0. The van der Waals surface area contributed by atoms with Gasteiger partial charge in [0.25, 0.3) is 0 Å². The van der Waals surface area contributed by atoms with E-state index in [1.807, 2.05) is 0 Å². The number of carbonyl (C=O) groups is 3. The van der Waals surface area contributed by atoms with E-state index in [0.29, 0.717) is 19.3 Å². The fourth-order valence-electron chi connectivity index (χ4n) is 8.12. The van der Waals surface area contributed by atoms with Gasteiger partial charge < -0.3 is 14.2 Å². The zero-order chi connectivity index (χ0) is 54.3. The van der Waals surface area contributed by atoms with Gasteiger partial charge in [0.15, 0.2) is 6.10 Å². The number of unbranched alkanes of at least 4 members (excludes halogenated alkanes) is 21. The molecule has 6 heteroatoms. The first-order chi connectivity index (χ1) is 37.0. The van der Waals surface area contributed by atoms with Gasteiger partial charge in [0, 0.05) is 19.3 Å². The van der Waals surface area contributed by atoms with Crippen molar-refractivity contribution in [2.75, 3.05) is 13.2 Å². The Labute approximate surface area is 462 Å². The molecular formula is C69H112O6. The summed E-state index contributed by atoms with van der Waals surface area (Å²) < 4.78 is 16.9. The highest BCUT2D eigenvalue weighted by Crippen LogP contribution is 2.15. The number of ether oxygens (including phenoxy) is 3. The van der Waals surface area contributed by atoms with Crippen LogP contribution in [0.25, 0.3) is 0 Å². The first-order valence-corrected chi connectivity index (χ1v) is 30.7. The predicted octanol–water partition coefficient (Wildman–Crippen LogP) is 21.0. The smallest absolute Gasteiger partial charge is 0.306 e. The highest BCUT2D eigenvalue weighted by Gasteiger charge is 2.19. The quantitative estimate of drug-likeness (QED) is 0.0261. The Hall–Kier alpha value is -4.45. The predicted molar refractivity (Wildman–Crippen MR) is 325 cm³/mol. The van der Waals surface area contributed by atoms with Gasteiger partial charge >= 0.3 is 17.9 Å². The largest absolute Gasteiger partial charge is 0.462 e. The van der Waals surface area contributed by atoms with Gasteiger partial charge in [-0.15, -0.1) is 0 Å². The van der Waals surface area contributed by atoms with E-state index in [2.05, 4.69) is 154 Å². The van der Waals surface area contributed by atoms with Crippen molar-refractivity contribution < 1.29 is 28.6 Å². The van der Waals surface area contributed by atoms with Crippen molar-refractivity contribution in [3.8, 4) is 0 Å². The molecule has 0 bridgehead atoms. The fourth-order valence-corrected chi connectivity index (χ4v) is 8.12. The molecule has 0 heterocycles. The minimum absolute atomic E-state index is 0.0965. The van der Waals surface area contributed by atoms with Crippen LogP contribution in [0.2, 0.25) is 0 Å². The second kappa shape index (κ2) is 62.1. The van der Waals surface area contributed by atoms with Gasteiger partial charge in [-0.3, -0.25) is 14.4 Å². The zero-order valence-electron chi connectivity index (χ0n) is 48.5. The standard InChI is InChI=1S/C69H112O6/c1-4-7-10-13-16-19-22-25-27-29-31-33-34-36-37-39-41-44-47-50-53-56-59-62-68(71)74-65-66(64-73-67(70)61-58-55-52-49-46-43-24-21-18-15-12-9-6-3)75-69(72)63-60-57-54-51-48-45-42-40-38-35-32-30-28-26-23-20-17-14-11-8-5-2/h7-8,10-11,16-17,19-20,25-28,31-33,35-37,40-42,44,66H,4-6,9,12-15,18,21-24,29-30,34,38-39,43,45-65H2,1-3H3/b10-7-,11-8-,19-16-,20-17-,27-25-,28-26-,33-31-,35-32-,37-36-,42-40-,44-41-. The van der Waals surface area contributed by atoms with Crippen molar-refractivity contribution in [1.29, 1.82) is 0 Å². The van der Waals surface area contributed by atoms with Crippen LogP contribution in [0, 0.1) is 0 Å². The van der Waals surface area contributed by atoms with Gasteiger partial charge in [0.2, 0.25) is 0 Å². The van der Waals surface area contributed by atoms with Crippen molar-refractivity contribution in [2.45, 2.75) is 271 Å². The highest BCUT2D eigenvalue weighted by molar-refractivity contribution is 5.71. The topological polar surface area (TPSA) is 78.9 Å². The SMILES string of the molecule is CC/C=C\C/C=C\C/C=C\C/C=C\C/C=C\C/C=C\CCCCCCC(=O)OCC(COC(=O)CCCCCCCCCCCCCCC)OC(=O)CCCCCCC/C=C\C/C=C\C/C=C\C/C=C\C/C=C\CC. The molecule has 0 fully saturated rings. The molecule has 0 aromatic heterocycles. The minimum Gasteiger partial charge on any atom is -0.462 e. The summed E-state index contributed by atoms with van der Waals surface area (Å²) in [6.07, 6.45) is 87.3. The van der Waals surface area contributed by atoms with Gasteiger partial charge in [-0.25, -0.2) is 0 Å². The minimum atomic E-state index is -0.804. The molecule has 1 unspecified atom stereocenters. The monoisotopic (exact) mass is 1040 g/mol. The maximum Gasteiger partial charge on any atom is 0.306 e. The summed E-state index contributed by atoms with van der Waals surface area (Å²) >= 11 is 0. The second-order valence-electron chi connectivity index (χ2n) is 19.9. The van der Waals surface area contributed by atoms with Crippen molar-refractivity contribution in [1.82, 2.24) is 0 Å². The summed E-state index contributed by atoms with van der Waals surface area (Å²) in [4.78, 5) is 38.3. The molecule has 0 aromatic rings. The van der Waals surface area contributed by atoms with Crippen LogP contribution in [0.5, 0.6) is 0 Å². The van der Waals surface area contributed by atoms with Crippen LogP contribution in [0.15, 0.2) is 134 Å². The van der Waals surface area contributed by atoms with E-state index in [1.165, 1.54) is 64.2 Å². The van der Waals surface area contributed by atoms with Gasteiger partial charge in [0.05, 0.1) is 0 Å². The van der Waals surface area contributed by atoms with Gasteiger partial charge in [-0.05, 0) is 116 Å². The third-order valence-electron chi connectivity index (χ3n) is 12.7. The van der Waals surface area contributed by atoms with Crippen LogP contribution in [0.1, 0.15) is 265 Å². The van der Waals surface area contributed by atoms with Crippen molar-refractivity contribution in [3.63, 3.8) is 0 Å². The number of hydrogen-bond acceptors (Lipinski definition) is 6. The molecule has 0 N–H and O–H groups in total. The van der Waals surface area contributed by atoms with Crippen LogP contribution in [0.4, 0.5) is 0 Å². The Morgan fingerprint density at radius 3 is 0.813 bits per heavy atom. The Bertz CT molecular complexity index is 1620. The normalized spacial score (nSPS) is 13.1. The Morgan fingerprint density at radius 2 is 0.520 bits per heavy atom. The molecule has 0 saturated carbocycles. The second-order valence-corrected chi connectivity index (χ2v) is 19.9. The third kappa shape index (κ3) is 60.3. The molecule has 1 atom stereocenters. The number of carbonyl (C=O) groups excluding carboxylic acids is 3. The van der Waals surface area contributed by atoms with E-state index in [9.17, 15) is 14.4 Å². The lowest BCUT2D eigenvalue weighted by atomic mass is 10.0. The van der Waals surface area contributed by atoms with Crippen molar-refractivity contribution >= 4 is 17.9 Å². The number of allylic oxidation sites excluding steroid dienone is 22. The van der Waals surface area contributed by atoms with E-state index >= 15 is 0 Å². The average Bonchev–Trinajstić information content (AvgIpc) is 3.41. The molecule has 0 spiro atoms. The van der Waals surface area contributed by atoms with Crippen LogP contribution >= 0.6 is 0 Å². The molecule has 0 aliphatic carbocycles. The zero-order valence-corrected chi connectivity index (χ0v) is 48.5. The van der Waals surface area contributed by atoms with Crippen molar-refractivity contribution in [3.05, 3.63) is 134 Å². The van der Waals surface area contributed by atoms with Crippen LogP contribution in [-0.4, -0.2) is 37.2 Å². The summed E-state index contributed by atoms with van der Waals surface area (Å²) in [5.41, 5.74) is 0. The fraction of sp³-hybridized carbons (Fsp3) is 0.638. The molecule has 0 aromatic carbocycles. The lowest BCUT2D eigenvalue weighted by molar-refractivity contribution is -0.167. The lowest BCUT2D eigenvalue weighted by Crippen LogP contribution is -2.30. The Kier molecular flexibility index (Phi) is 58.4. The summed E-state index contributed by atoms with van der Waals surface area (Å²) in [5.74, 6) is -0.941. The first kappa shape index (κ1) is 70.5. The first-order valence-electron chi connectivity index (χ1n) is 30.7. The number of rotatable bonds is 54. The molecule has 75 heavy (non-hydrogen) atoms. The van der Waals surface area contributed by atoms with Crippen LogP contribution < -0.4 is 0 Å². The van der Waals surface area contributed by atoms with Crippen molar-refractivity contribution in [2.24, 2.45) is 0 Å². The Morgan fingerprint density at radius 1 is 0.280 bits per heavy atom. The summed E-state index contributed by atoms with van der Waals surface area (Å²) in [5, 5.41) is 0. The molecule has 0 rings (SSSR count). The molecular weight excluding hydrogens is 925 g/mol. The van der Waals surface area contributed by atoms with E-state index in [-0.39, 0.29) is 31.1 Å². The van der Waals surface area contributed by atoms with Gasteiger partial charge in [-0.1, -0.05) is 264 Å². The van der Waals surface area contributed by atoms with E-state index in [0.717, 1.165) is 161 Å². The molecule has 0 aliphatic heterocycles. The molecule has 0 radical (unpaired) electrons. The molecule has 0 saturated heterocycles. The molecule has 0 aliphatic rings. The third-order valence-corrected chi connectivity index (χ3v) is 12.7. The highest BCUT2D eigenvalue weighted by atomic mass is 16.6. The summed E-state index contributed by atoms with van der Waals surface area (Å²) in [7, 11) is 0. The van der Waals surface area contributed by atoms with Crippen LogP contribution in [0.3, 0.4) is 0 Å². The van der Waals surface area contributed by atoms with Crippen LogP contribution in [-0.2, 0) is 28.6 Å². The van der Waals surface area contributed by atoms with E-state index in [1.54, 1.807) is 0 Å². The Balaban J connectivity index is 4.47. The maximum absolute atomic E-state index is 12.9. The van der Waals surface area contributed by atoms with Gasteiger partial charge in [0.1, 0.15) is 13.2 Å². The molecule has 6 nitrogen and oxygen atoms in total. The lowest BCUT2D eigenvalue weighted by Gasteiger charge is -2.18. The number of hydrogen-bond donors (Lipinski definition) is 0. The average molecular weight is 1040 g/mol. The summed E-state index contributed by atoms with van der Waals surface area (Å²) in [6.45, 7) is 6.38. The van der Waals surface area contributed by atoms with E-state index in [4.69, 9.17) is 14.2 Å².